The Labute approximate surface area is 142 Å². The molecule has 1 atom stereocenters. The molecule has 2 heterocycles. The fourth-order valence-electron chi connectivity index (χ4n) is 3.66. The van der Waals surface area contributed by atoms with Crippen molar-refractivity contribution in [1.82, 2.24) is 19.3 Å². The second-order valence-corrected chi connectivity index (χ2v) is 6.83. The molecule has 1 unspecified atom stereocenters. The van der Waals surface area contributed by atoms with Crippen LogP contribution in [-0.4, -0.2) is 33.0 Å². The lowest BCUT2D eigenvalue weighted by Crippen LogP contribution is -2.14. The highest BCUT2D eigenvalue weighted by molar-refractivity contribution is 5.81. The lowest BCUT2D eigenvalue weighted by Gasteiger charge is -2.25. The molecule has 1 aromatic carbocycles. The number of ether oxygens (including phenoxy) is 1. The molecule has 0 bridgehead atoms. The summed E-state index contributed by atoms with van der Waals surface area (Å²) in [5.41, 5.74) is 4.55. The van der Waals surface area contributed by atoms with Crippen LogP contribution in [0.1, 0.15) is 43.8 Å². The largest absolute Gasteiger partial charge is 0.383 e. The second kappa shape index (κ2) is 6.06. The maximum Gasteiger partial charge on any atom is 0.144 e. The molecule has 24 heavy (non-hydrogen) atoms. The van der Waals surface area contributed by atoms with Crippen LogP contribution in [0.2, 0.25) is 0 Å². The first-order valence-electron chi connectivity index (χ1n) is 8.69. The zero-order chi connectivity index (χ0) is 16.7. The second-order valence-electron chi connectivity index (χ2n) is 6.83. The van der Waals surface area contributed by atoms with E-state index in [4.69, 9.17) is 14.8 Å². The van der Waals surface area contributed by atoms with Gasteiger partial charge in [-0.1, -0.05) is 18.6 Å². The van der Waals surface area contributed by atoms with E-state index in [2.05, 4.69) is 35.9 Å². The fourth-order valence-corrected chi connectivity index (χ4v) is 3.66. The summed E-state index contributed by atoms with van der Waals surface area (Å²) >= 11 is 0. The Hall–Kier alpha value is -2.14. The Morgan fingerprint density at radius 2 is 2.08 bits per heavy atom. The Bertz CT molecular complexity index is 860. The first-order chi connectivity index (χ1) is 11.7. The van der Waals surface area contributed by atoms with Crippen LogP contribution in [0.15, 0.2) is 30.5 Å². The van der Waals surface area contributed by atoms with Gasteiger partial charge in [0.05, 0.1) is 34.9 Å². The molecule has 2 aromatic heterocycles. The molecule has 1 fully saturated rings. The SMILES string of the molecule is COCC(C)n1c(-c2cn(C)nc2C2CCC2)nc2ccccc21. The molecule has 5 nitrogen and oxygen atoms in total. The lowest BCUT2D eigenvalue weighted by atomic mass is 9.81. The molecule has 4 rings (SSSR count). The minimum Gasteiger partial charge on any atom is -0.383 e. The van der Waals surface area contributed by atoms with Crippen LogP contribution < -0.4 is 0 Å². The van der Waals surface area contributed by atoms with Gasteiger partial charge in [-0.2, -0.15) is 5.10 Å². The molecule has 1 aliphatic carbocycles. The molecule has 0 spiro atoms. The van der Waals surface area contributed by atoms with E-state index in [0.29, 0.717) is 12.5 Å². The number of hydrogen-bond donors (Lipinski definition) is 0. The highest BCUT2D eigenvalue weighted by Gasteiger charge is 2.28. The molecule has 5 heteroatoms. The molecular weight excluding hydrogens is 300 g/mol. The molecule has 0 radical (unpaired) electrons. The standard InChI is InChI=1S/C19H24N4O/c1-13(12-24-3)23-17-10-5-4-9-16(17)20-19(23)15-11-22(2)21-18(15)14-7-6-8-14/h4-5,9-11,13-14H,6-8,12H2,1-3H3. The van der Waals surface area contributed by atoms with Gasteiger partial charge in [-0.25, -0.2) is 4.98 Å². The van der Waals surface area contributed by atoms with Gasteiger partial charge in [0.2, 0.25) is 0 Å². The average Bonchev–Trinajstić information content (AvgIpc) is 3.06. The topological polar surface area (TPSA) is 44.9 Å². The summed E-state index contributed by atoms with van der Waals surface area (Å²) in [6, 6.07) is 8.54. The average molecular weight is 324 g/mol. The highest BCUT2D eigenvalue weighted by Crippen LogP contribution is 2.41. The van der Waals surface area contributed by atoms with E-state index < -0.39 is 0 Å². The van der Waals surface area contributed by atoms with Crippen molar-refractivity contribution in [2.45, 2.75) is 38.1 Å². The van der Waals surface area contributed by atoms with E-state index in [0.717, 1.165) is 16.9 Å². The fraction of sp³-hybridized carbons (Fsp3) is 0.474. The van der Waals surface area contributed by atoms with E-state index in [1.165, 1.54) is 30.5 Å². The van der Waals surface area contributed by atoms with E-state index in [9.17, 15) is 0 Å². The lowest BCUT2D eigenvalue weighted by molar-refractivity contribution is 0.164. The van der Waals surface area contributed by atoms with Crippen molar-refractivity contribution in [1.29, 1.82) is 0 Å². The van der Waals surface area contributed by atoms with Gasteiger partial charge in [0, 0.05) is 26.3 Å². The molecule has 0 amide bonds. The summed E-state index contributed by atoms with van der Waals surface area (Å²) in [5.74, 6) is 1.59. The Balaban J connectivity index is 1.92. The van der Waals surface area contributed by atoms with Crippen LogP contribution in [-0.2, 0) is 11.8 Å². The van der Waals surface area contributed by atoms with Gasteiger partial charge in [-0.3, -0.25) is 4.68 Å². The van der Waals surface area contributed by atoms with Gasteiger partial charge in [0.1, 0.15) is 5.82 Å². The molecular formula is C19H24N4O. The Kier molecular flexibility index (Phi) is 3.88. The zero-order valence-electron chi connectivity index (χ0n) is 14.6. The number of rotatable bonds is 5. The van der Waals surface area contributed by atoms with Gasteiger partial charge >= 0.3 is 0 Å². The molecule has 0 aliphatic heterocycles. The van der Waals surface area contributed by atoms with Gasteiger partial charge in [-0.05, 0) is 31.9 Å². The summed E-state index contributed by atoms with van der Waals surface area (Å²) in [6.07, 6.45) is 5.89. The molecule has 1 aliphatic rings. The number of benzene rings is 1. The van der Waals surface area contributed by atoms with E-state index in [1.807, 2.05) is 17.8 Å². The molecule has 1 saturated carbocycles. The molecule has 0 N–H and O–H groups in total. The number of methoxy groups -OCH3 is 1. The third-order valence-corrected chi connectivity index (χ3v) is 5.03. The molecule has 0 saturated heterocycles. The van der Waals surface area contributed by atoms with Crippen LogP contribution >= 0.6 is 0 Å². The Morgan fingerprint density at radius 1 is 1.29 bits per heavy atom. The van der Waals surface area contributed by atoms with Crippen molar-refractivity contribution < 1.29 is 4.74 Å². The monoisotopic (exact) mass is 324 g/mol. The minimum atomic E-state index is 0.215. The maximum atomic E-state index is 5.41. The minimum absolute atomic E-state index is 0.215. The number of aromatic nitrogens is 4. The van der Waals surface area contributed by atoms with Crippen molar-refractivity contribution in [2.75, 3.05) is 13.7 Å². The number of fused-ring (bicyclic) bond motifs is 1. The predicted octanol–water partition coefficient (Wildman–Crippen LogP) is 3.91. The number of imidazole rings is 1. The van der Waals surface area contributed by atoms with E-state index in [-0.39, 0.29) is 6.04 Å². The summed E-state index contributed by atoms with van der Waals surface area (Å²) in [4.78, 5) is 4.96. The summed E-state index contributed by atoms with van der Waals surface area (Å²) < 4.78 is 9.64. The van der Waals surface area contributed by atoms with Crippen molar-refractivity contribution >= 4 is 11.0 Å². The van der Waals surface area contributed by atoms with E-state index >= 15 is 0 Å². The van der Waals surface area contributed by atoms with Gasteiger partial charge < -0.3 is 9.30 Å². The smallest absolute Gasteiger partial charge is 0.144 e. The number of para-hydroxylation sites is 2. The third kappa shape index (κ3) is 2.44. The number of nitrogens with zero attached hydrogens (tertiary/aromatic N) is 4. The number of aryl methyl sites for hydroxylation is 1. The van der Waals surface area contributed by atoms with Crippen molar-refractivity contribution in [3.63, 3.8) is 0 Å². The van der Waals surface area contributed by atoms with Crippen molar-refractivity contribution in [3.8, 4) is 11.4 Å². The van der Waals surface area contributed by atoms with Crippen LogP contribution in [0, 0.1) is 0 Å². The van der Waals surface area contributed by atoms with Gasteiger partial charge in [0.25, 0.3) is 0 Å². The van der Waals surface area contributed by atoms with Gasteiger partial charge in [0.15, 0.2) is 0 Å². The zero-order valence-corrected chi connectivity index (χ0v) is 14.6. The summed E-state index contributed by atoms with van der Waals surface area (Å²) in [5, 5.41) is 4.76. The quantitative estimate of drug-likeness (QED) is 0.715. The first-order valence-corrected chi connectivity index (χ1v) is 8.69. The van der Waals surface area contributed by atoms with Crippen LogP contribution in [0.4, 0.5) is 0 Å². The van der Waals surface area contributed by atoms with E-state index in [1.54, 1.807) is 7.11 Å². The summed E-state index contributed by atoms with van der Waals surface area (Å²) in [6.45, 7) is 2.84. The molecule has 3 aromatic rings. The van der Waals surface area contributed by atoms with Crippen molar-refractivity contribution in [2.24, 2.45) is 7.05 Å². The van der Waals surface area contributed by atoms with Crippen LogP contribution in [0.5, 0.6) is 0 Å². The summed E-state index contributed by atoms with van der Waals surface area (Å²) in [7, 11) is 3.75. The molecule has 126 valence electrons. The van der Waals surface area contributed by atoms with Crippen molar-refractivity contribution in [3.05, 3.63) is 36.2 Å². The predicted molar refractivity (Wildman–Crippen MR) is 95.1 cm³/mol. The van der Waals surface area contributed by atoms with Crippen LogP contribution in [0.3, 0.4) is 0 Å². The van der Waals surface area contributed by atoms with Gasteiger partial charge in [-0.15, -0.1) is 0 Å². The Morgan fingerprint density at radius 3 is 2.79 bits per heavy atom. The third-order valence-electron chi connectivity index (χ3n) is 5.03. The highest BCUT2D eigenvalue weighted by atomic mass is 16.5. The first kappa shape index (κ1) is 15.4. The normalized spacial score (nSPS) is 16.5. The number of hydrogen-bond acceptors (Lipinski definition) is 3. The maximum absolute atomic E-state index is 5.41. The van der Waals surface area contributed by atoms with Crippen LogP contribution in [0.25, 0.3) is 22.4 Å².